The number of nitrogens with zero attached hydrogens (tertiary/aromatic N) is 2. The molecule has 32 heavy (non-hydrogen) atoms. The molecule has 1 aromatic rings. The number of aromatic nitrogens is 1. The smallest absolute Gasteiger partial charge is 0.407 e. The Hall–Kier alpha value is -2.20. The Kier molecular flexibility index (Phi) is 11.6. The first-order valence-corrected chi connectivity index (χ1v) is 12.0. The van der Waals surface area contributed by atoms with Gasteiger partial charge in [-0.1, -0.05) is 34.1 Å². The zero-order valence-corrected chi connectivity index (χ0v) is 21.0. The Bertz CT molecular complexity index is 754. The van der Waals surface area contributed by atoms with Gasteiger partial charge in [0, 0.05) is 31.4 Å². The molecule has 182 valence electrons. The maximum atomic E-state index is 13.0. The maximum Gasteiger partial charge on any atom is 0.407 e. The first-order chi connectivity index (χ1) is 15.1. The number of amides is 2. The quantitative estimate of drug-likeness (QED) is 0.449. The van der Waals surface area contributed by atoms with Gasteiger partial charge in [-0.25, -0.2) is 14.6 Å². The summed E-state index contributed by atoms with van der Waals surface area (Å²) in [5.41, 5.74) is 6.36. The summed E-state index contributed by atoms with van der Waals surface area (Å²) < 4.78 is 10.7. The molecule has 0 saturated carbocycles. The molecular formula is C22H38N4O5S. The summed E-state index contributed by atoms with van der Waals surface area (Å²) in [4.78, 5) is 43.2. The number of alkyl carbamates (subject to hydrolysis) is 1. The first-order valence-electron chi connectivity index (χ1n) is 11.2. The number of hydrogen-bond donors (Lipinski definition) is 2. The van der Waals surface area contributed by atoms with E-state index in [-0.39, 0.29) is 36.1 Å². The number of likely N-dealkylation sites (N-methyl/N-ethyl adjacent to an activating group) is 1. The minimum atomic E-state index is -0.739. The largest absolute Gasteiger partial charge is 0.461 e. The maximum absolute atomic E-state index is 13.0. The van der Waals surface area contributed by atoms with Crippen LogP contribution in [0.2, 0.25) is 0 Å². The lowest BCUT2D eigenvalue weighted by Crippen LogP contribution is -2.51. The SMILES string of the molecule is CCNC(=O)OC(CC(C(C)C)N(C)C(=O)C(N)C(C)CC)c1nc(C(=O)OCC)cs1. The van der Waals surface area contributed by atoms with Crippen LogP contribution < -0.4 is 11.1 Å². The molecule has 1 heterocycles. The van der Waals surface area contributed by atoms with Crippen LogP contribution in [-0.4, -0.2) is 60.1 Å². The van der Waals surface area contributed by atoms with Gasteiger partial charge in [0.2, 0.25) is 5.91 Å². The minimum absolute atomic E-state index is 0.0474. The van der Waals surface area contributed by atoms with Crippen molar-refractivity contribution in [2.45, 2.75) is 72.6 Å². The average Bonchev–Trinajstić information content (AvgIpc) is 3.25. The average molecular weight is 471 g/mol. The van der Waals surface area contributed by atoms with Gasteiger partial charge in [-0.15, -0.1) is 11.3 Å². The van der Waals surface area contributed by atoms with Crippen LogP contribution in [0.15, 0.2) is 5.38 Å². The summed E-state index contributed by atoms with van der Waals surface area (Å²) in [6.45, 7) is 12.1. The van der Waals surface area contributed by atoms with Crippen molar-refractivity contribution in [3.8, 4) is 0 Å². The number of nitrogens with one attached hydrogen (secondary N) is 1. The number of carbonyl (C=O) groups is 3. The third-order valence-electron chi connectivity index (χ3n) is 5.46. The summed E-state index contributed by atoms with van der Waals surface area (Å²) in [5.74, 6) is -0.565. The molecule has 0 bridgehead atoms. The highest BCUT2D eigenvalue weighted by Crippen LogP contribution is 2.30. The van der Waals surface area contributed by atoms with Crippen LogP contribution in [0.4, 0.5) is 4.79 Å². The highest BCUT2D eigenvalue weighted by Gasteiger charge is 2.33. The Labute approximate surface area is 195 Å². The molecule has 1 aromatic heterocycles. The van der Waals surface area contributed by atoms with Crippen LogP contribution >= 0.6 is 11.3 Å². The topological polar surface area (TPSA) is 124 Å². The van der Waals surface area contributed by atoms with Gasteiger partial charge in [0.1, 0.15) is 5.01 Å². The highest BCUT2D eigenvalue weighted by molar-refractivity contribution is 7.09. The van der Waals surface area contributed by atoms with E-state index in [1.807, 2.05) is 27.7 Å². The molecule has 0 radical (unpaired) electrons. The molecule has 0 saturated heterocycles. The second-order valence-electron chi connectivity index (χ2n) is 8.12. The molecule has 1 rings (SSSR count). The second-order valence-corrected chi connectivity index (χ2v) is 9.01. The van der Waals surface area contributed by atoms with E-state index in [2.05, 4.69) is 10.3 Å². The number of nitrogens with two attached hydrogens (primary N) is 1. The molecule has 0 aliphatic heterocycles. The highest BCUT2D eigenvalue weighted by atomic mass is 32.1. The molecule has 3 N–H and O–H groups in total. The van der Waals surface area contributed by atoms with Crippen LogP contribution in [0, 0.1) is 11.8 Å². The molecule has 4 unspecified atom stereocenters. The molecule has 0 spiro atoms. The van der Waals surface area contributed by atoms with Crippen molar-refractivity contribution in [2.75, 3.05) is 20.2 Å². The zero-order valence-electron chi connectivity index (χ0n) is 20.2. The monoisotopic (exact) mass is 470 g/mol. The van der Waals surface area contributed by atoms with Crippen LogP contribution in [0.5, 0.6) is 0 Å². The van der Waals surface area contributed by atoms with Crippen LogP contribution in [0.25, 0.3) is 0 Å². The van der Waals surface area contributed by atoms with Crippen LogP contribution in [-0.2, 0) is 14.3 Å². The van der Waals surface area contributed by atoms with Crippen LogP contribution in [0.3, 0.4) is 0 Å². The summed E-state index contributed by atoms with van der Waals surface area (Å²) in [7, 11) is 1.73. The summed E-state index contributed by atoms with van der Waals surface area (Å²) in [5, 5.41) is 4.67. The third kappa shape index (κ3) is 7.74. The molecule has 4 atom stereocenters. The van der Waals surface area contributed by atoms with E-state index in [1.54, 1.807) is 31.2 Å². The fourth-order valence-corrected chi connectivity index (χ4v) is 4.07. The van der Waals surface area contributed by atoms with Gasteiger partial charge >= 0.3 is 12.1 Å². The Balaban J connectivity index is 3.17. The van der Waals surface area contributed by atoms with Gasteiger partial charge in [0.25, 0.3) is 0 Å². The first kappa shape index (κ1) is 27.8. The standard InChI is InChI=1S/C22H38N4O5S/c1-8-14(6)18(23)20(27)26(7)16(13(4)5)11-17(31-22(29)24-9-2)19-25-15(12-32-19)21(28)30-10-3/h12-14,16-18H,8-11,23H2,1-7H3,(H,24,29). The molecule has 0 aliphatic carbocycles. The second kappa shape index (κ2) is 13.4. The molecule has 0 fully saturated rings. The predicted molar refractivity (Wildman–Crippen MR) is 124 cm³/mol. The van der Waals surface area contributed by atoms with Crippen molar-refractivity contribution in [3.05, 3.63) is 16.1 Å². The van der Waals surface area contributed by atoms with E-state index in [0.717, 1.165) is 6.42 Å². The lowest BCUT2D eigenvalue weighted by molar-refractivity contribution is -0.136. The fraction of sp³-hybridized carbons (Fsp3) is 0.727. The third-order valence-corrected chi connectivity index (χ3v) is 6.40. The van der Waals surface area contributed by atoms with E-state index in [9.17, 15) is 14.4 Å². The molecule has 0 aromatic carbocycles. The molecule has 10 heteroatoms. The van der Waals surface area contributed by atoms with Gasteiger partial charge in [-0.2, -0.15) is 0 Å². The van der Waals surface area contributed by atoms with Crippen molar-refractivity contribution in [3.63, 3.8) is 0 Å². The van der Waals surface area contributed by atoms with Gasteiger partial charge in [0.05, 0.1) is 12.6 Å². The minimum Gasteiger partial charge on any atom is -0.461 e. The van der Waals surface area contributed by atoms with Gasteiger partial charge < -0.3 is 25.4 Å². The van der Waals surface area contributed by atoms with Gasteiger partial charge in [-0.05, 0) is 25.7 Å². The van der Waals surface area contributed by atoms with E-state index in [1.165, 1.54) is 11.3 Å². The Morgan fingerprint density at radius 1 is 1.22 bits per heavy atom. The van der Waals surface area contributed by atoms with Gasteiger partial charge in [0.15, 0.2) is 11.8 Å². The van der Waals surface area contributed by atoms with Crippen molar-refractivity contribution in [1.29, 1.82) is 0 Å². The lowest BCUT2D eigenvalue weighted by Gasteiger charge is -2.35. The normalized spacial score (nSPS) is 14.9. The zero-order chi connectivity index (χ0) is 24.4. The Morgan fingerprint density at radius 3 is 2.41 bits per heavy atom. The predicted octanol–water partition coefficient (Wildman–Crippen LogP) is 3.35. The molecule has 9 nitrogen and oxygen atoms in total. The fourth-order valence-electron chi connectivity index (χ4n) is 3.24. The van der Waals surface area contributed by atoms with Gasteiger partial charge in [-0.3, -0.25) is 4.79 Å². The number of carbonyl (C=O) groups excluding carboxylic acids is 3. The van der Waals surface area contributed by atoms with Crippen molar-refractivity contribution >= 4 is 29.3 Å². The summed E-state index contributed by atoms with van der Waals surface area (Å²) in [6, 6.07) is -0.865. The number of hydrogen-bond acceptors (Lipinski definition) is 8. The van der Waals surface area contributed by atoms with E-state index in [4.69, 9.17) is 15.2 Å². The number of esters is 1. The summed E-state index contributed by atoms with van der Waals surface area (Å²) >= 11 is 1.22. The van der Waals surface area contributed by atoms with E-state index >= 15 is 0 Å². The number of thiazole rings is 1. The molecule has 0 aliphatic rings. The van der Waals surface area contributed by atoms with Crippen molar-refractivity contribution < 1.29 is 23.9 Å². The van der Waals surface area contributed by atoms with Crippen molar-refractivity contribution in [2.24, 2.45) is 17.6 Å². The number of ether oxygens (including phenoxy) is 2. The Morgan fingerprint density at radius 2 is 1.88 bits per heavy atom. The van der Waals surface area contributed by atoms with Crippen LogP contribution in [0.1, 0.15) is 76.0 Å². The van der Waals surface area contributed by atoms with E-state index in [0.29, 0.717) is 18.0 Å². The molecular weight excluding hydrogens is 432 g/mol. The number of rotatable bonds is 12. The summed E-state index contributed by atoms with van der Waals surface area (Å²) in [6.07, 6.45) is -0.207. The molecule has 2 amide bonds. The van der Waals surface area contributed by atoms with Crippen molar-refractivity contribution in [1.82, 2.24) is 15.2 Å². The van der Waals surface area contributed by atoms with E-state index < -0.39 is 24.2 Å². The lowest BCUT2D eigenvalue weighted by atomic mass is 9.93.